The third kappa shape index (κ3) is 3.75. The van der Waals surface area contributed by atoms with E-state index in [0.29, 0.717) is 18.7 Å². The molecular weight excluding hydrogens is 356 g/mol. The maximum absolute atomic E-state index is 11.7. The Morgan fingerprint density at radius 1 is 1.25 bits per heavy atom. The summed E-state index contributed by atoms with van der Waals surface area (Å²) >= 11 is 0. The summed E-state index contributed by atoms with van der Waals surface area (Å²) in [4.78, 5) is 13.9. The number of carbonyl (C=O) groups excluding carboxylic acids is 1. The Morgan fingerprint density at radius 2 is 2.11 bits per heavy atom. The standard InChI is InChI=1S/C21H22N4O3/c1-15-5-3-8-18(11-15)25-9-10-28-20(25)19-14-24(23-22-19)13-16-6-4-7-17(12-16)21(26)27-2/h3-8,11-12,14,20H,9-10,13H2,1-2H3. The third-order valence-corrected chi connectivity index (χ3v) is 4.73. The molecule has 0 amide bonds. The maximum Gasteiger partial charge on any atom is 0.337 e. The van der Waals surface area contributed by atoms with Crippen molar-refractivity contribution in [2.24, 2.45) is 0 Å². The van der Waals surface area contributed by atoms with Crippen LogP contribution in [0.5, 0.6) is 0 Å². The lowest BCUT2D eigenvalue weighted by Crippen LogP contribution is -2.23. The van der Waals surface area contributed by atoms with Gasteiger partial charge < -0.3 is 14.4 Å². The molecule has 2 heterocycles. The number of hydrogen-bond donors (Lipinski definition) is 0. The zero-order valence-electron chi connectivity index (χ0n) is 15.9. The molecule has 0 saturated carbocycles. The van der Waals surface area contributed by atoms with Gasteiger partial charge in [0.05, 0.1) is 32.0 Å². The normalized spacial score (nSPS) is 16.4. The third-order valence-electron chi connectivity index (χ3n) is 4.73. The van der Waals surface area contributed by atoms with E-state index in [1.807, 2.05) is 24.4 Å². The molecule has 1 saturated heterocycles. The molecule has 1 aliphatic rings. The second kappa shape index (κ2) is 7.82. The van der Waals surface area contributed by atoms with Gasteiger partial charge in [-0.2, -0.15) is 0 Å². The topological polar surface area (TPSA) is 69.5 Å². The van der Waals surface area contributed by atoms with Gasteiger partial charge in [0.1, 0.15) is 5.69 Å². The summed E-state index contributed by atoms with van der Waals surface area (Å²) in [5, 5.41) is 8.56. The number of ether oxygens (including phenoxy) is 2. The number of carbonyl (C=O) groups is 1. The molecular formula is C21H22N4O3. The fourth-order valence-electron chi connectivity index (χ4n) is 3.39. The van der Waals surface area contributed by atoms with E-state index in [4.69, 9.17) is 9.47 Å². The molecule has 0 spiro atoms. The minimum atomic E-state index is -0.353. The van der Waals surface area contributed by atoms with Gasteiger partial charge >= 0.3 is 5.97 Å². The molecule has 3 aromatic rings. The highest BCUT2D eigenvalue weighted by Gasteiger charge is 2.29. The van der Waals surface area contributed by atoms with Crippen LogP contribution in [0.3, 0.4) is 0 Å². The summed E-state index contributed by atoms with van der Waals surface area (Å²) in [5.41, 5.74) is 4.55. The van der Waals surface area contributed by atoms with Crippen molar-refractivity contribution in [3.8, 4) is 0 Å². The van der Waals surface area contributed by atoms with Crippen LogP contribution < -0.4 is 4.90 Å². The van der Waals surface area contributed by atoms with Crippen LogP contribution in [0.15, 0.2) is 54.7 Å². The van der Waals surface area contributed by atoms with E-state index in [-0.39, 0.29) is 12.2 Å². The van der Waals surface area contributed by atoms with Gasteiger partial charge in [0.25, 0.3) is 0 Å². The van der Waals surface area contributed by atoms with Crippen LogP contribution in [0.2, 0.25) is 0 Å². The summed E-state index contributed by atoms with van der Waals surface area (Å²) in [5.74, 6) is -0.353. The molecule has 0 N–H and O–H groups in total. The first-order valence-electron chi connectivity index (χ1n) is 9.16. The Labute approximate surface area is 163 Å². The van der Waals surface area contributed by atoms with Gasteiger partial charge in [-0.15, -0.1) is 5.10 Å². The summed E-state index contributed by atoms with van der Waals surface area (Å²) in [6, 6.07) is 15.7. The van der Waals surface area contributed by atoms with Crippen LogP contribution in [-0.4, -0.2) is 41.2 Å². The van der Waals surface area contributed by atoms with E-state index >= 15 is 0 Å². The number of nitrogens with zero attached hydrogens (tertiary/aromatic N) is 4. The molecule has 1 fully saturated rings. The molecule has 2 aromatic carbocycles. The van der Waals surface area contributed by atoms with E-state index in [1.54, 1.807) is 16.8 Å². The number of benzene rings is 2. The Morgan fingerprint density at radius 3 is 2.93 bits per heavy atom. The largest absolute Gasteiger partial charge is 0.465 e. The fourth-order valence-corrected chi connectivity index (χ4v) is 3.39. The molecule has 7 heteroatoms. The zero-order valence-corrected chi connectivity index (χ0v) is 15.9. The second-order valence-corrected chi connectivity index (χ2v) is 6.79. The summed E-state index contributed by atoms with van der Waals surface area (Å²) < 4.78 is 12.5. The number of anilines is 1. The van der Waals surface area contributed by atoms with E-state index in [2.05, 4.69) is 40.3 Å². The molecule has 0 aliphatic carbocycles. The Hall–Kier alpha value is -3.19. The maximum atomic E-state index is 11.7. The summed E-state index contributed by atoms with van der Waals surface area (Å²) in [7, 11) is 1.38. The molecule has 0 radical (unpaired) electrons. The van der Waals surface area contributed by atoms with Gasteiger partial charge in [0.2, 0.25) is 0 Å². The lowest BCUT2D eigenvalue weighted by molar-refractivity contribution is 0.0600. The van der Waals surface area contributed by atoms with Crippen LogP contribution in [0.4, 0.5) is 5.69 Å². The SMILES string of the molecule is COC(=O)c1cccc(Cn2cc(C3OCCN3c3cccc(C)c3)nn2)c1. The van der Waals surface area contributed by atoms with Gasteiger partial charge in [-0.05, 0) is 42.3 Å². The van der Waals surface area contributed by atoms with Gasteiger partial charge in [-0.1, -0.05) is 29.5 Å². The van der Waals surface area contributed by atoms with Crippen LogP contribution in [0, 0.1) is 6.92 Å². The van der Waals surface area contributed by atoms with Crippen LogP contribution in [-0.2, 0) is 16.0 Å². The van der Waals surface area contributed by atoms with E-state index < -0.39 is 0 Å². The predicted octanol–water partition coefficient (Wildman–Crippen LogP) is 2.96. The highest BCUT2D eigenvalue weighted by Crippen LogP contribution is 2.31. The average Bonchev–Trinajstić information content (AvgIpc) is 3.37. The van der Waals surface area contributed by atoms with Crippen molar-refractivity contribution in [2.75, 3.05) is 25.2 Å². The molecule has 0 bridgehead atoms. The smallest absolute Gasteiger partial charge is 0.337 e. The Balaban J connectivity index is 1.52. The van der Waals surface area contributed by atoms with Crippen molar-refractivity contribution < 1.29 is 14.3 Å². The first kappa shape index (κ1) is 18.2. The van der Waals surface area contributed by atoms with Crippen LogP contribution in [0.1, 0.15) is 33.4 Å². The molecule has 4 rings (SSSR count). The summed E-state index contributed by atoms with van der Waals surface area (Å²) in [6.07, 6.45) is 1.64. The molecule has 1 atom stereocenters. The minimum Gasteiger partial charge on any atom is -0.465 e. The average molecular weight is 378 g/mol. The van der Waals surface area contributed by atoms with Crippen molar-refractivity contribution in [2.45, 2.75) is 19.7 Å². The summed E-state index contributed by atoms with van der Waals surface area (Å²) in [6.45, 7) is 4.04. The Kier molecular flexibility index (Phi) is 5.08. The first-order valence-corrected chi connectivity index (χ1v) is 9.16. The number of hydrogen-bond acceptors (Lipinski definition) is 6. The molecule has 1 unspecified atom stereocenters. The van der Waals surface area contributed by atoms with E-state index in [0.717, 1.165) is 23.5 Å². The first-order chi connectivity index (χ1) is 13.6. The van der Waals surface area contributed by atoms with Crippen LogP contribution in [0.25, 0.3) is 0 Å². The monoisotopic (exact) mass is 378 g/mol. The number of methoxy groups -OCH3 is 1. The lowest BCUT2D eigenvalue weighted by atomic mass is 10.1. The fraction of sp³-hybridized carbons (Fsp3) is 0.286. The molecule has 144 valence electrons. The van der Waals surface area contributed by atoms with Crippen LogP contribution >= 0.6 is 0 Å². The molecule has 1 aromatic heterocycles. The van der Waals surface area contributed by atoms with Gasteiger partial charge in [-0.25, -0.2) is 9.48 Å². The van der Waals surface area contributed by atoms with Crippen molar-refractivity contribution in [1.82, 2.24) is 15.0 Å². The van der Waals surface area contributed by atoms with Gasteiger partial charge in [-0.3, -0.25) is 0 Å². The van der Waals surface area contributed by atoms with Crippen molar-refractivity contribution in [1.29, 1.82) is 0 Å². The van der Waals surface area contributed by atoms with Crippen molar-refractivity contribution >= 4 is 11.7 Å². The lowest BCUT2D eigenvalue weighted by Gasteiger charge is -2.23. The molecule has 7 nitrogen and oxygen atoms in total. The zero-order chi connectivity index (χ0) is 19.5. The van der Waals surface area contributed by atoms with E-state index in [9.17, 15) is 4.79 Å². The highest BCUT2D eigenvalue weighted by molar-refractivity contribution is 5.89. The van der Waals surface area contributed by atoms with Crippen molar-refractivity contribution in [3.05, 3.63) is 77.1 Å². The van der Waals surface area contributed by atoms with E-state index in [1.165, 1.54) is 12.7 Å². The Bertz CT molecular complexity index is 985. The predicted molar refractivity (Wildman–Crippen MR) is 104 cm³/mol. The van der Waals surface area contributed by atoms with Gasteiger partial charge in [0, 0.05) is 12.2 Å². The van der Waals surface area contributed by atoms with Gasteiger partial charge in [0.15, 0.2) is 6.23 Å². The number of rotatable bonds is 5. The highest BCUT2D eigenvalue weighted by atomic mass is 16.5. The quantitative estimate of drug-likeness (QED) is 0.636. The number of esters is 1. The minimum absolute atomic E-state index is 0.253. The molecule has 1 aliphatic heterocycles. The van der Waals surface area contributed by atoms with Crippen molar-refractivity contribution in [3.63, 3.8) is 0 Å². The second-order valence-electron chi connectivity index (χ2n) is 6.79. The number of aromatic nitrogens is 3. The molecule has 28 heavy (non-hydrogen) atoms. The number of aryl methyl sites for hydroxylation is 1.